The number of benzene rings is 2. The number of imide groups is 1. The molecule has 1 aromatic heterocycles. The van der Waals surface area contributed by atoms with Crippen molar-refractivity contribution >= 4 is 40.4 Å². The summed E-state index contributed by atoms with van der Waals surface area (Å²) in [5, 5.41) is 10.9. The van der Waals surface area contributed by atoms with E-state index in [1.54, 1.807) is 36.4 Å². The molecule has 0 atom stereocenters. The topological polar surface area (TPSA) is 93.7 Å². The number of carbonyl (C=O) groups excluding carboxylic acids is 2. The number of hydrogen-bond acceptors (Lipinski definition) is 6. The first-order valence-electron chi connectivity index (χ1n) is 9.04. The molecular weight excluding hydrogens is 404 g/mol. The van der Waals surface area contributed by atoms with Crippen molar-refractivity contribution in [3.8, 4) is 11.3 Å². The molecule has 1 aliphatic rings. The second-order valence-electron chi connectivity index (χ2n) is 6.78. The monoisotopic (exact) mass is 420 g/mol. The number of nitro benzene ring substituents is 1. The summed E-state index contributed by atoms with van der Waals surface area (Å²) in [5.74, 6) is 0.206. The standard InChI is InChI=1S/C22H16N2O5S/c1-13-7-9-17(14(2)11-13)23-21(25)20(30-22(23)26)12-15-8-10-19(29-15)16-5-3-4-6-18(16)24(27)28/h3-12H,1-2H3/b20-12+. The van der Waals surface area contributed by atoms with E-state index < -0.39 is 10.8 Å². The second-order valence-corrected chi connectivity index (χ2v) is 7.78. The van der Waals surface area contributed by atoms with Gasteiger partial charge in [0.05, 0.1) is 21.1 Å². The van der Waals surface area contributed by atoms with Crippen LogP contribution in [0.25, 0.3) is 17.4 Å². The maximum Gasteiger partial charge on any atom is 0.298 e. The molecule has 0 radical (unpaired) electrons. The summed E-state index contributed by atoms with van der Waals surface area (Å²) in [6, 6.07) is 15.0. The van der Waals surface area contributed by atoms with Gasteiger partial charge in [-0.25, -0.2) is 4.90 Å². The van der Waals surface area contributed by atoms with E-state index in [2.05, 4.69) is 0 Å². The summed E-state index contributed by atoms with van der Waals surface area (Å²) in [4.78, 5) is 37.5. The zero-order valence-electron chi connectivity index (χ0n) is 16.1. The lowest BCUT2D eigenvalue weighted by Crippen LogP contribution is -2.28. The SMILES string of the molecule is Cc1ccc(N2C(=O)S/C(=C/c3ccc(-c4ccccc4[N+](=O)[O-])o3)C2=O)c(C)c1. The lowest BCUT2D eigenvalue weighted by atomic mass is 10.1. The van der Waals surface area contributed by atoms with E-state index in [4.69, 9.17) is 4.42 Å². The predicted octanol–water partition coefficient (Wildman–Crippen LogP) is 5.71. The number of aryl methyl sites for hydroxylation is 2. The molecule has 150 valence electrons. The van der Waals surface area contributed by atoms with Crippen molar-refractivity contribution in [2.24, 2.45) is 0 Å². The first-order valence-corrected chi connectivity index (χ1v) is 9.85. The van der Waals surface area contributed by atoms with Crippen molar-refractivity contribution in [1.29, 1.82) is 0 Å². The molecule has 0 spiro atoms. The van der Waals surface area contributed by atoms with Crippen LogP contribution < -0.4 is 4.90 Å². The third-order valence-corrected chi connectivity index (χ3v) is 5.52. The van der Waals surface area contributed by atoms with Gasteiger partial charge in [0.15, 0.2) is 0 Å². The minimum atomic E-state index is -0.479. The number of nitrogens with zero attached hydrogens (tertiary/aromatic N) is 2. The number of thioether (sulfide) groups is 1. The molecule has 1 saturated heterocycles. The number of hydrogen-bond donors (Lipinski definition) is 0. The molecule has 1 fully saturated rings. The molecule has 7 nitrogen and oxygen atoms in total. The van der Waals surface area contributed by atoms with Gasteiger partial charge >= 0.3 is 0 Å². The minimum Gasteiger partial charge on any atom is -0.456 e. The van der Waals surface area contributed by atoms with Crippen molar-refractivity contribution in [2.45, 2.75) is 13.8 Å². The summed E-state index contributed by atoms with van der Waals surface area (Å²) < 4.78 is 5.71. The van der Waals surface area contributed by atoms with Gasteiger partial charge in [-0.15, -0.1) is 0 Å². The maximum absolute atomic E-state index is 12.9. The van der Waals surface area contributed by atoms with Crippen LogP contribution in [0.4, 0.5) is 16.2 Å². The number of para-hydroxylation sites is 1. The van der Waals surface area contributed by atoms with Crippen LogP contribution in [0.5, 0.6) is 0 Å². The van der Waals surface area contributed by atoms with E-state index in [0.717, 1.165) is 27.8 Å². The minimum absolute atomic E-state index is 0.0754. The van der Waals surface area contributed by atoms with Crippen LogP contribution in [0.1, 0.15) is 16.9 Å². The highest BCUT2D eigenvalue weighted by Crippen LogP contribution is 2.38. The van der Waals surface area contributed by atoms with Crippen molar-refractivity contribution in [2.75, 3.05) is 4.90 Å². The van der Waals surface area contributed by atoms with Crippen molar-refractivity contribution in [3.05, 3.63) is 86.5 Å². The Balaban J connectivity index is 1.65. The lowest BCUT2D eigenvalue weighted by molar-refractivity contribution is -0.384. The van der Waals surface area contributed by atoms with Crippen LogP contribution in [0.3, 0.4) is 0 Å². The first kappa shape index (κ1) is 19.7. The Morgan fingerprint density at radius 1 is 1.07 bits per heavy atom. The first-order chi connectivity index (χ1) is 14.3. The van der Waals surface area contributed by atoms with E-state index in [1.807, 2.05) is 26.0 Å². The highest BCUT2D eigenvalue weighted by Gasteiger charge is 2.37. The molecule has 30 heavy (non-hydrogen) atoms. The second kappa shape index (κ2) is 7.64. The fourth-order valence-corrected chi connectivity index (χ4v) is 4.09. The molecule has 4 rings (SSSR count). The van der Waals surface area contributed by atoms with Crippen LogP contribution in [-0.2, 0) is 4.79 Å². The highest BCUT2D eigenvalue weighted by atomic mass is 32.2. The Morgan fingerprint density at radius 2 is 1.83 bits per heavy atom. The van der Waals surface area contributed by atoms with Crippen molar-refractivity contribution < 1.29 is 18.9 Å². The van der Waals surface area contributed by atoms with Gasteiger partial charge in [-0.1, -0.05) is 29.8 Å². The number of furan rings is 1. The molecule has 0 unspecified atom stereocenters. The zero-order valence-corrected chi connectivity index (χ0v) is 16.9. The third-order valence-electron chi connectivity index (χ3n) is 4.65. The molecule has 8 heteroatoms. The van der Waals surface area contributed by atoms with E-state index >= 15 is 0 Å². The Labute approximate surface area is 176 Å². The number of nitro groups is 1. The molecule has 0 bridgehead atoms. The fourth-order valence-electron chi connectivity index (χ4n) is 3.28. The number of rotatable bonds is 4. The quantitative estimate of drug-likeness (QED) is 0.305. The largest absolute Gasteiger partial charge is 0.456 e. The van der Waals surface area contributed by atoms with Crippen LogP contribution in [0.2, 0.25) is 0 Å². The summed E-state index contributed by atoms with van der Waals surface area (Å²) in [7, 11) is 0. The van der Waals surface area contributed by atoms with Crippen molar-refractivity contribution in [1.82, 2.24) is 0 Å². The highest BCUT2D eigenvalue weighted by molar-refractivity contribution is 8.19. The van der Waals surface area contributed by atoms with Gasteiger partial charge < -0.3 is 4.42 Å². The number of anilines is 1. The fraction of sp³-hybridized carbons (Fsp3) is 0.0909. The number of carbonyl (C=O) groups is 2. The van der Waals surface area contributed by atoms with Crippen LogP contribution >= 0.6 is 11.8 Å². The average molecular weight is 420 g/mol. The van der Waals surface area contributed by atoms with Gasteiger partial charge in [-0.05, 0) is 55.4 Å². The molecule has 3 aromatic rings. The molecule has 2 heterocycles. The molecule has 2 amide bonds. The summed E-state index contributed by atoms with van der Waals surface area (Å²) in [5.41, 5.74) is 2.68. The summed E-state index contributed by atoms with van der Waals surface area (Å²) >= 11 is 0.828. The lowest BCUT2D eigenvalue weighted by Gasteiger charge is -2.15. The maximum atomic E-state index is 12.9. The van der Waals surface area contributed by atoms with Gasteiger partial charge in [-0.3, -0.25) is 19.7 Å². The predicted molar refractivity (Wildman–Crippen MR) is 115 cm³/mol. The average Bonchev–Trinajstić information content (AvgIpc) is 3.27. The van der Waals surface area contributed by atoms with Gasteiger partial charge in [0.2, 0.25) is 0 Å². The zero-order chi connectivity index (χ0) is 21.4. The Hall–Kier alpha value is -3.65. The van der Waals surface area contributed by atoms with E-state index in [1.165, 1.54) is 12.1 Å². The molecule has 2 aromatic carbocycles. The molecule has 0 N–H and O–H groups in total. The van der Waals surface area contributed by atoms with Gasteiger partial charge in [-0.2, -0.15) is 0 Å². The molecular formula is C22H16N2O5S. The Morgan fingerprint density at radius 3 is 2.57 bits per heavy atom. The summed E-state index contributed by atoms with van der Waals surface area (Å²) in [6.45, 7) is 3.79. The van der Waals surface area contributed by atoms with E-state index in [9.17, 15) is 19.7 Å². The molecule has 0 aliphatic carbocycles. The Kier molecular flexibility index (Phi) is 5.01. The summed E-state index contributed by atoms with van der Waals surface area (Å²) in [6.07, 6.45) is 1.48. The van der Waals surface area contributed by atoms with Crippen LogP contribution in [0, 0.1) is 24.0 Å². The normalized spacial score (nSPS) is 15.3. The van der Waals surface area contributed by atoms with Gasteiger partial charge in [0.1, 0.15) is 11.5 Å². The Bertz CT molecular complexity index is 1230. The van der Waals surface area contributed by atoms with Crippen LogP contribution in [0.15, 0.2) is 63.9 Å². The van der Waals surface area contributed by atoms with Gasteiger partial charge in [0, 0.05) is 12.1 Å². The molecule has 0 saturated carbocycles. The van der Waals surface area contributed by atoms with Gasteiger partial charge in [0.25, 0.3) is 16.8 Å². The molecule has 1 aliphatic heterocycles. The van der Waals surface area contributed by atoms with Crippen LogP contribution in [-0.4, -0.2) is 16.1 Å². The number of amides is 2. The van der Waals surface area contributed by atoms with Crippen molar-refractivity contribution in [3.63, 3.8) is 0 Å². The van der Waals surface area contributed by atoms with E-state index in [-0.39, 0.29) is 15.8 Å². The smallest absolute Gasteiger partial charge is 0.298 e. The third kappa shape index (κ3) is 3.53. The van der Waals surface area contributed by atoms with E-state index in [0.29, 0.717) is 22.8 Å².